The molecule has 0 saturated heterocycles. The molecular weight excluding hydrogens is 684 g/mol. The lowest BCUT2D eigenvalue weighted by Gasteiger charge is -2.30. The zero-order chi connectivity index (χ0) is 36.7. The Hall–Kier alpha value is -5.41. The fraction of sp³-hybridized carbons (Fsp3) is 0.278. The number of alkyl halides is 1. The van der Waals surface area contributed by atoms with Crippen molar-refractivity contribution in [2.75, 3.05) is 26.5 Å². The van der Waals surface area contributed by atoms with Crippen molar-refractivity contribution in [2.45, 2.75) is 42.5 Å². The van der Waals surface area contributed by atoms with Gasteiger partial charge in [-0.05, 0) is 48.9 Å². The molecule has 1 aliphatic carbocycles. The SMILES string of the molecule is CCOc1c(CC(N)=O)cc([C@@](O)(CNC(=O)c2cc(OC)c3nn(C4(F)CC4)cc3c2)c2ccccc2)nc1-c1ccc(S(C)(=O)=O)cc1F. The summed E-state index contributed by atoms with van der Waals surface area (Å²) in [5.74, 6) is -3.64. The zero-order valence-corrected chi connectivity index (χ0v) is 28.8. The Balaban J connectivity index is 1.45. The average molecular weight is 720 g/mol. The molecule has 1 aliphatic rings. The maximum Gasteiger partial charge on any atom is 0.251 e. The van der Waals surface area contributed by atoms with Crippen molar-refractivity contribution < 1.29 is 41.4 Å². The van der Waals surface area contributed by atoms with Crippen molar-refractivity contribution in [3.05, 3.63) is 101 Å². The van der Waals surface area contributed by atoms with Crippen LogP contribution in [0.15, 0.2) is 77.8 Å². The molecular formula is C36H35F2N5O7S. The van der Waals surface area contributed by atoms with Crippen LogP contribution in [0.5, 0.6) is 11.5 Å². The first-order valence-corrected chi connectivity index (χ1v) is 17.8. The van der Waals surface area contributed by atoms with Crippen molar-refractivity contribution in [1.29, 1.82) is 0 Å². The molecule has 0 bridgehead atoms. The number of methoxy groups -OCH3 is 1. The van der Waals surface area contributed by atoms with Gasteiger partial charge in [0, 0.05) is 47.4 Å². The van der Waals surface area contributed by atoms with Gasteiger partial charge < -0.3 is 25.6 Å². The summed E-state index contributed by atoms with van der Waals surface area (Å²) >= 11 is 0. The van der Waals surface area contributed by atoms with E-state index in [9.17, 15) is 27.5 Å². The number of sulfone groups is 1. The van der Waals surface area contributed by atoms with E-state index in [2.05, 4.69) is 15.4 Å². The summed E-state index contributed by atoms with van der Waals surface area (Å²) < 4.78 is 67.3. The fourth-order valence-corrected chi connectivity index (χ4v) is 6.45. The highest BCUT2D eigenvalue weighted by Crippen LogP contribution is 2.45. The predicted octanol–water partition coefficient (Wildman–Crippen LogP) is 4.16. The number of amides is 2. The Morgan fingerprint density at radius 1 is 1.12 bits per heavy atom. The monoisotopic (exact) mass is 719 g/mol. The number of halogens is 2. The van der Waals surface area contributed by atoms with Gasteiger partial charge in [0.25, 0.3) is 5.91 Å². The molecule has 3 aromatic carbocycles. The smallest absolute Gasteiger partial charge is 0.251 e. The van der Waals surface area contributed by atoms with E-state index in [4.69, 9.17) is 15.2 Å². The first-order valence-electron chi connectivity index (χ1n) is 15.9. The first kappa shape index (κ1) is 35.4. The number of primary amides is 1. The quantitative estimate of drug-likeness (QED) is 0.161. The lowest BCUT2D eigenvalue weighted by Crippen LogP contribution is -2.42. The number of nitrogens with one attached hydrogen (secondary N) is 1. The maximum atomic E-state index is 15.7. The molecule has 0 aliphatic heterocycles. The summed E-state index contributed by atoms with van der Waals surface area (Å²) in [6, 6.07) is 15.9. The number of ether oxygens (including phenoxy) is 2. The number of aromatic nitrogens is 3. The molecule has 4 N–H and O–H groups in total. The number of carbonyl (C=O) groups excluding carboxylic acids is 2. The predicted molar refractivity (Wildman–Crippen MR) is 183 cm³/mol. The van der Waals surface area contributed by atoms with Crippen LogP contribution in [0.25, 0.3) is 22.2 Å². The largest absolute Gasteiger partial charge is 0.494 e. The van der Waals surface area contributed by atoms with E-state index >= 15 is 4.39 Å². The molecule has 0 spiro atoms. The number of rotatable bonds is 13. The van der Waals surface area contributed by atoms with Crippen molar-refractivity contribution in [3.63, 3.8) is 0 Å². The van der Waals surface area contributed by atoms with Gasteiger partial charge in [-0.2, -0.15) is 5.10 Å². The molecule has 1 fully saturated rings. The number of pyridine rings is 1. The molecule has 12 nitrogen and oxygen atoms in total. The summed E-state index contributed by atoms with van der Waals surface area (Å²) in [5.41, 5.74) is 4.09. The number of carbonyl (C=O) groups is 2. The van der Waals surface area contributed by atoms with E-state index in [1.807, 2.05) is 0 Å². The number of fused-ring (bicyclic) bond motifs is 1. The van der Waals surface area contributed by atoms with Crippen LogP contribution in [0.4, 0.5) is 8.78 Å². The highest BCUT2D eigenvalue weighted by atomic mass is 32.2. The Morgan fingerprint density at radius 2 is 1.84 bits per heavy atom. The summed E-state index contributed by atoms with van der Waals surface area (Å²) in [5, 5.41) is 20.0. The topological polar surface area (TPSA) is 176 Å². The Morgan fingerprint density at radius 3 is 2.45 bits per heavy atom. The molecule has 266 valence electrons. The third kappa shape index (κ3) is 6.99. The molecule has 15 heteroatoms. The average Bonchev–Trinajstić information content (AvgIpc) is 3.69. The van der Waals surface area contributed by atoms with Crippen LogP contribution in [-0.4, -0.2) is 66.6 Å². The molecule has 1 saturated carbocycles. The second-order valence-corrected chi connectivity index (χ2v) is 14.4. The highest BCUT2D eigenvalue weighted by molar-refractivity contribution is 7.90. The second kappa shape index (κ2) is 13.4. The van der Waals surface area contributed by atoms with E-state index in [-0.39, 0.29) is 63.1 Å². The number of benzene rings is 3. The number of hydrogen-bond donors (Lipinski definition) is 3. The van der Waals surface area contributed by atoms with Crippen LogP contribution in [0, 0.1) is 5.82 Å². The Bertz CT molecular complexity index is 2280. The normalized spacial score (nSPS) is 14.9. The van der Waals surface area contributed by atoms with E-state index in [0.29, 0.717) is 23.7 Å². The van der Waals surface area contributed by atoms with Gasteiger partial charge in [-0.25, -0.2) is 26.9 Å². The van der Waals surface area contributed by atoms with Gasteiger partial charge in [-0.3, -0.25) is 9.59 Å². The summed E-state index contributed by atoms with van der Waals surface area (Å²) in [4.78, 5) is 30.3. The van der Waals surface area contributed by atoms with Crippen LogP contribution in [0.2, 0.25) is 0 Å². The molecule has 1 atom stereocenters. The minimum atomic E-state index is -3.76. The molecule has 2 aromatic heterocycles. The van der Waals surface area contributed by atoms with Gasteiger partial charge in [0.05, 0.1) is 37.3 Å². The third-order valence-corrected chi connectivity index (χ3v) is 9.75. The van der Waals surface area contributed by atoms with E-state index in [1.54, 1.807) is 37.3 Å². The van der Waals surface area contributed by atoms with Crippen LogP contribution in [0.1, 0.15) is 46.9 Å². The van der Waals surface area contributed by atoms with Gasteiger partial charge in [0.15, 0.2) is 9.84 Å². The fourth-order valence-electron chi connectivity index (χ4n) is 5.82. The molecule has 0 radical (unpaired) electrons. The lowest BCUT2D eigenvalue weighted by atomic mass is 9.87. The van der Waals surface area contributed by atoms with Crippen LogP contribution in [0.3, 0.4) is 0 Å². The minimum absolute atomic E-state index is 0.00713. The van der Waals surface area contributed by atoms with E-state index in [0.717, 1.165) is 12.3 Å². The van der Waals surface area contributed by atoms with E-state index < -0.39 is 45.4 Å². The zero-order valence-electron chi connectivity index (χ0n) is 27.9. The number of hydrogen-bond acceptors (Lipinski definition) is 9. The summed E-state index contributed by atoms with van der Waals surface area (Å²) in [6.45, 7) is 1.29. The maximum absolute atomic E-state index is 15.7. The lowest BCUT2D eigenvalue weighted by molar-refractivity contribution is -0.117. The van der Waals surface area contributed by atoms with Gasteiger partial charge >= 0.3 is 0 Å². The van der Waals surface area contributed by atoms with Gasteiger partial charge in [-0.1, -0.05) is 30.3 Å². The third-order valence-electron chi connectivity index (χ3n) is 8.64. The molecule has 5 aromatic rings. The van der Waals surface area contributed by atoms with Crippen LogP contribution < -0.4 is 20.5 Å². The molecule has 0 unspecified atom stereocenters. The standard InChI is InChI=1S/C36H35F2N5O7S/c1-4-50-33-21(17-30(39)44)16-29(41-32(33)26-11-10-25(18-27(26)37)51(3,47)48)36(46,24-8-6-5-7-9-24)20-40-34(45)22-14-23-19-43(35(38)12-13-35)42-31(23)28(15-22)49-2/h5-11,14-16,18-19,46H,4,12-13,17,20H2,1-3H3,(H2,39,44)(H,40,45)/t36-/m1/s1. The Kier molecular flexibility index (Phi) is 9.29. The first-order chi connectivity index (χ1) is 24.2. The number of nitrogens with two attached hydrogens (primary N) is 1. The van der Waals surface area contributed by atoms with Crippen LogP contribution in [-0.2, 0) is 32.4 Å². The van der Waals surface area contributed by atoms with Crippen LogP contribution >= 0.6 is 0 Å². The molecule has 2 amide bonds. The number of nitrogens with zero attached hydrogens (tertiary/aromatic N) is 3. The van der Waals surface area contributed by atoms with Crippen molar-refractivity contribution in [2.24, 2.45) is 5.73 Å². The number of aliphatic hydroxyl groups is 1. The van der Waals surface area contributed by atoms with Gasteiger partial charge in [0.2, 0.25) is 11.7 Å². The second-order valence-electron chi connectivity index (χ2n) is 12.4. The van der Waals surface area contributed by atoms with Crippen molar-refractivity contribution >= 4 is 32.6 Å². The summed E-state index contributed by atoms with van der Waals surface area (Å²) in [6.07, 6.45) is 2.73. The van der Waals surface area contributed by atoms with Gasteiger partial charge in [-0.15, -0.1) is 0 Å². The summed E-state index contributed by atoms with van der Waals surface area (Å²) in [7, 11) is -2.35. The van der Waals surface area contributed by atoms with Gasteiger partial charge in [0.1, 0.15) is 34.1 Å². The van der Waals surface area contributed by atoms with Crippen molar-refractivity contribution in [1.82, 2.24) is 20.1 Å². The molecule has 2 heterocycles. The highest BCUT2D eigenvalue weighted by Gasteiger charge is 2.46. The minimum Gasteiger partial charge on any atom is -0.494 e. The Labute approximate surface area is 292 Å². The molecule has 51 heavy (non-hydrogen) atoms. The van der Waals surface area contributed by atoms with E-state index in [1.165, 1.54) is 48.3 Å². The van der Waals surface area contributed by atoms with Crippen molar-refractivity contribution in [3.8, 4) is 22.8 Å². The molecule has 6 rings (SSSR count).